The van der Waals surface area contributed by atoms with Crippen LogP contribution in [0.25, 0.3) is 0 Å². The molecule has 0 spiro atoms. The van der Waals surface area contributed by atoms with Gasteiger partial charge in [0.2, 0.25) is 11.8 Å². The van der Waals surface area contributed by atoms with Crippen LogP contribution in [0.5, 0.6) is 0 Å². The molecule has 0 bridgehead atoms. The molecule has 24 heavy (non-hydrogen) atoms. The fraction of sp³-hybridized carbons (Fsp3) is 0.556. The van der Waals surface area contributed by atoms with E-state index in [0.29, 0.717) is 25.1 Å². The predicted octanol–water partition coefficient (Wildman–Crippen LogP) is 2.06. The molecule has 0 aliphatic carbocycles. The number of nitrogens with zero attached hydrogens (tertiary/aromatic N) is 1. The second-order valence-corrected chi connectivity index (χ2v) is 7.56. The topological polar surface area (TPSA) is 61.4 Å². The number of halogens is 1. The van der Waals surface area contributed by atoms with Crippen LogP contribution in [0.15, 0.2) is 12.1 Å². The van der Waals surface area contributed by atoms with Crippen molar-refractivity contribution in [3.8, 4) is 0 Å². The number of amides is 2. The quantitative estimate of drug-likeness (QED) is 0.871. The van der Waals surface area contributed by atoms with Gasteiger partial charge in [0.1, 0.15) is 5.82 Å². The standard InChI is InChI=1S/C18H24FN3O2/c1-18(2,3)22-10-12(8-15(22)23)17(24)21-14-5-4-11-9-20-7-6-13(11)16(14)19/h4-5,12,20H,6-10H2,1-3H3,(H,21,24). The molecule has 5 nitrogen and oxygen atoms in total. The van der Waals surface area contributed by atoms with Gasteiger partial charge in [-0.3, -0.25) is 9.59 Å². The lowest BCUT2D eigenvalue weighted by molar-refractivity contribution is -0.131. The number of benzene rings is 1. The number of rotatable bonds is 2. The minimum Gasteiger partial charge on any atom is -0.337 e. The van der Waals surface area contributed by atoms with Gasteiger partial charge in [0.25, 0.3) is 0 Å². The molecule has 2 aliphatic heterocycles. The Balaban J connectivity index is 1.73. The molecule has 1 saturated heterocycles. The zero-order valence-electron chi connectivity index (χ0n) is 14.4. The molecule has 0 radical (unpaired) electrons. The van der Waals surface area contributed by atoms with E-state index in [1.807, 2.05) is 26.8 Å². The number of carbonyl (C=O) groups is 2. The van der Waals surface area contributed by atoms with Crippen LogP contribution in [0.4, 0.5) is 10.1 Å². The van der Waals surface area contributed by atoms with Crippen LogP contribution in [0, 0.1) is 11.7 Å². The number of hydrogen-bond acceptors (Lipinski definition) is 3. The molecule has 1 fully saturated rings. The Morgan fingerprint density at radius 3 is 2.79 bits per heavy atom. The Morgan fingerprint density at radius 1 is 1.38 bits per heavy atom. The van der Waals surface area contributed by atoms with Crippen LogP contribution >= 0.6 is 0 Å². The number of likely N-dealkylation sites (tertiary alicyclic amines) is 1. The number of carbonyl (C=O) groups excluding carboxylic acids is 2. The zero-order chi connectivity index (χ0) is 17.5. The van der Waals surface area contributed by atoms with Crippen molar-refractivity contribution < 1.29 is 14.0 Å². The third-order valence-electron chi connectivity index (χ3n) is 4.77. The van der Waals surface area contributed by atoms with Crippen molar-refractivity contribution in [1.82, 2.24) is 10.2 Å². The van der Waals surface area contributed by atoms with Gasteiger partial charge in [-0.15, -0.1) is 0 Å². The highest BCUT2D eigenvalue weighted by Crippen LogP contribution is 2.28. The van der Waals surface area contributed by atoms with E-state index in [4.69, 9.17) is 0 Å². The van der Waals surface area contributed by atoms with Crippen LogP contribution in [-0.2, 0) is 22.6 Å². The summed E-state index contributed by atoms with van der Waals surface area (Å²) in [4.78, 5) is 26.3. The normalized spacial score (nSPS) is 20.9. The summed E-state index contributed by atoms with van der Waals surface area (Å²) in [6.45, 7) is 7.61. The average molecular weight is 333 g/mol. The van der Waals surface area contributed by atoms with Gasteiger partial charge in [-0.05, 0) is 50.9 Å². The van der Waals surface area contributed by atoms with E-state index in [1.165, 1.54) is 0 Å². The molecular weight excluding hydrogens is 309 g/mol. The van der Waals surface area contributed by atoms with Crippen LogP contribution < -0.4 is 10.6 Å². The molecular formula is C18H24FN3O2. The Hall–Kier alpha value is -1.95. The highest BCUT2D eigenvalue weighted by Gasteiger charge is 2.39. The molecule has 2 heterocycles. The minimum atomic E-state index is -0.436. The van der Waals surface area contributed by atoms with Crippen molar-refractivity contribution in [2.24, 2.45) is 5.92 Å². The zero-order valence-corrected chi connectivity index (χ0v) is 14.4. The van der Waals surface area contributed by atoms with Gasteiger partial charge in [0, 0.05) is 25.0 Å². The smallest absolute Gasteiger partial charge is 0.229 e. The lowest BCUT2D eigenvalue weighted by Gasteiger charge is -2.32. The lowest BCUT2D eigenvalue weighted by atomic mass is 9.99. The highest BCUT2D eigenvalue weighted by molar-refractivity contribution is 5.97. The van der Waals surface area contributed by atoms with Gasteiger partial charge >= 0.3 is 0 Å². The predicted molar refractivity (Wildman–Crippen MR) is 90.0 cm³/mol. The Morgan fingerprint density at radius 2 is 2.12 bits per heavy atom. The molecule has 1 aromatic rings. The summed E-state index contributed by atoms with van der Waals surface area (Å²) in [5.74, 6) is -1.10. The molecule has 3 rings (SSSR count). The van der Waals surface area contributed by atoms with Gasteiger partial charge in [-0.1, -0.05) is 6.07 Å². The monoisotopic (exact) mass is 333 g/mol. The van der Waals surface area contributed by atoms with E-state index < -0.39 is 5.92 Å². The van der Waals surface area contributed by atoms with Crippen molar-refractivity contribution in [3.63, 3.8) is 0 Å². The first kappa shape index (κ1) is 16.9. The van der Waals surface area contributed by atoms with Crippen molar-refractivity contribution in [2.45, 2.75) is 45.7 Å². The fourth-order valence-electron chi connectivity index (χ4n) is 3.40. The molecule has 0 saturated carbocycles. The number of anilines is 1. The summed E-state index contributed by atoms with van der Waals surface area (Å²) in [7, 11) is 0. The fourth-order valence-corrected chi connectivity index (χ4v) is 3.40. The molecule has 1 atom stereocenters. The van der Waals surface area contributed by atoms with Gasteiger partial charge < -0.3 is 15.5 Å². The van der Waals surface area contributed by atoms with E-state index >= 15 is 0 Å². The third kappa shape index (κ3) is 3.15. The first-order valence-corrected chi connectivity index (χ1v) is 8.39. The summed E-state index contributed by atoms with van der Waals surface area (Å²) in [5, 5.41) is 5.88. The lowest BCUT2D eigenvalue weighted by Crippen LogP contribution is -2.42. The van der Waals surface area contributed by atoms with Crippen molar-refractivity contribution in [3.05, 3.63) is 29.1 Å². The molecule has 1 aromatic carbocycles. The summed E-state index contributed by atoms with van der Waals surface area (Å²) in [6, 6.07) is 3.46. The van der Waals surface area contributed by atoms with E-state index in [1.54, 1.807) is 11.0 Å². The van der Waals surface area contributed by atoms with Crippen LogP contribution in [0.3, 0.4) is 0 Å². The summed E-state index contributed by atoms with van der Waals surface area (Å²) >= 11 is 0. The molecule has 130 valence electrons. The second-order valence-electron chi connectivity index (χ2n) is 7.56. The summed E-state index contributed by atoms with van der Waals surface area (Å²) < 4.78 is 14.6. The SMILES string of the molecule is CC(C)(C)N1CC(C(=O)Nc2ccc3c(c2F)CCNC3)CC1=O. The number of nitrogens with one attached hydrogen (secondary N) is 2. The Kier molecular flexibility index (Phi) is 4.34. The second kappa shape index (κ2) is 6.16. The largest absolute Gasteiger partial charge is 0.337 e. The maximum absolute atomic E-state index is 14.6. The van der Waals surface area contributed by atoms with Crippen molar-refractivity contribution in [1.29, 1.82) is 0 Å². The summed E-state index contributed by atoms with van der Waals surface area (Å²) in [6.07, 6.45) is 0.796. The Bertz CT molecular complexity index is 682. The van der Waals surface area contributed by atoms with E-state index in [9.17, 15) is 14.0 Å². The van der Waals surface area contributed by atoms with Gasteiger partial charge in [0.15, 0.2) is 0 Å². The number of fused-ring (bicyclic) bond motifs is 1. The minimum absolute atomic E-state index is 0.0281. The highest BCUT2D eigenvalue weighted by atomic mass is 19.1. The number of hydrogen-bond donors (Lipinski definition) is 2. The van der Waals surface area contributed by atoms with Crippen LogP contribution in [0.1, 0.15) is 38.3 Å². The first-order chi connectivity index (χ1) is 11.3. The van der Waals surface area contributed by atoms with E-state index in [2.05, 4.69) is 10.6 Å². The first-order valence-electron chi connectivity index (χ1n) is 8.39. The molecule has 2 amide bonds. The van der Waals surface area contributed by atoms with E-state index in [0.717, 1.165) is 12.1 Å². The van der Waals surface area contributed by atoms with Gasteiger partial charge in [-0.2, -0.15) is 0 Å². The van der Waals surface area contributed by atoms with E-state index in [-0.39, 0.29) is 35.3 Å². The van der Waals surface area contributed by atoms with Crippen molar-refractivity contribution in [2.75, 3.05) is 18.4 Å². The average Bonchev–Trinajstić information content (AvgIpc) is 2.92. The molecule has 2 aliphatic rings. The molecule has 2 N–H and O–H groups in total. The maximum atomic E-state index is 14.6. The molecule has 1 unspecified atom stereocenters. The molecule has 6 heteroatoms. The third-order valence-corrected chi connectivity index (χ3v) is 4.77. The van der Waals surface area contributed by atoms with Crippen LogP contribution in [-0.4, -0.2) is 35.3 Å². The van der Waals surface area contributed by atoms with Crippen LogP contribution in [0.2, 0.25) is 0 Å². The van der Waals surface area contributed by atoms with Crippen molar-refractivity contribution >= 4 is 17.5 Å². The summed E-state index contributed by atoms with van der Waals surface area (Å²) in [5.41, 5.74) is 1.51. The van der Waals surface area contributed by atoms with Gasteiger partial charge in [-0.25, -0.2) is 4.39 Å². The van der Waals surface area contributed by atoms with Gasteiger partial charge in [0.05, 0.1) is 11.6 Å². The maximum Gasteiger partial charge on any atom is 0.229 e. The Labute approximate surface area is 141 Å². The molecule has 0 aromatic heterocycles.